The molecule has 2 amide bonds. The molecule has 0 fully saturated rings. The van der Waals surface area contributed by atoms with Gasteiger partial charge in [0, 0.05) is 23.3 Å². The summed E-state index contributed by atoms with van der Waals surface area (Å²) in [7, 11) is 0. The van der Waals surface area contributed by atoms with Gasteiger partial charge in [-0.2, -0.15) is 18.2 Å². The minimum absolute atomic E-state index is 0.00595. The van der Waals surface area contributed by atoms with Crippen molar-refractivity contribution in [2.75, 3.05) is 13.2 Å². The highest BCUT2D eigenvalue weighted by molar-refractivity contribution is 6.19. The van der Waals surface area contributed by atoms with Crippen molar-refractivity contribution in [3.63, 3.8) is 0 Å². The molecule has 36 heavy (non-hydrogen) atoms. The number of hydrogen-bond donors (Lipinski definition) is 1. The molecule has 1 unspecified atom stereocenters. The summed E-state index contributed by atoms with van der Waals surface area (Å²) >= 11 is 0. The zero-order valence-corrected chi connectivity index (χ0v) is 21.4. The molecule has 0 spiro atoms. The van der Waals surface area contributed by atoms with Crippen LogP contribution in [-0.2, 0) is 28.7 Å². The van der Waals surface area contributed by atoms with E-state index in [0.717, 1.165) is 12.2 Å². The van der Waals surface area contributed by atoms with Crippen LogP contribution in [0.5, 0.6) is 0 Å². The molecule has 0 saturated carbocycles. The fourth-order valence-corrected chi connectivity index (χ4v) is 3.29. The number of rotatable bonds is 12. The first-order valence-corrected chi connectivity index (χ1v) is 11.5. The van der Waals surface area contributed by atoms with Gasteiger partial charge in [-0.3, -0.25) is 24.6 Å². The third kappa shape index (κ3) is 7.56. The number of amides is 2. The van der Waals surface area contributed by atoms with Crippen LogP contribution < -0.4 is 5.43 Å². The first-order valence-electron chi connectivity index (χ1n) is 11.5. The number of imide groups is 1. The monoisotopic (exact) mass is 514 g/mol. The Morgan fingerprint density at radius 3 is 2.00 bits per heavy atom. The average Bonchev–Trinajstić information content (AvgIpc) is 2.97. The quantitative estimate of drug-likeness (QED) is 0.179. The standard InChI is InChI=1S/C25H33F3N2O6/c1-8-15(6)20(12-11-19(14(4)5)25(26,27)28)29-30-21(31)16(7)17(22(30)32)13-18(23(33)35-9-2)24(34)36-10-3/h11-12,15,18,29H,4,8-10,13H2,1-3,5-7H3/b19-11+,20-12+. The van der Waals surface area contributed by atoms with Crippen LogP contribution >= 0.6 is 0 Å². The third-order valence-electron chi connectivity index (χ3n) is 5.57. The molecule has 0 aromatic heterocycles. The number of alkyl halides is 3. The zero-order valence-electron chi connectivity index (χ0n) is 21.4. The van der Waals surface area contributed by atoms with Crippen LogP contribution in [-0.4, -0.2) is 48.2 Å². The van der Waals surface area contributed by atoms with Crippen molar-refractivity contribution in [1.29, 1.82) is 0 Å². The summed E-state index contributed by atoms with van der Waals surface area (Å²) in [5.74, 6) is -5.18. The highest BCUT2D eigenvalue weighted by atomic mass is 19.4. The summed E-state index contributed by atoms with van der Waals surface area (Å²) < 4.78 is 49.8. The van der Waals surface area contributed by atoms with Crippen molar-refractivity contribution in [3.8, 4) is 0 Å². The minimum Gasteiger partial charge on any atom is -0.465 e. The molecule has 1 aliphatic heterocycles. The largest absolute Gasteiger partial charge is 0.465 e. The molecular formula is C25H33F3N2O6. The Hall–Kier alpha value is -3.37. The number of hydrogen-bond acceptors (Lipinski definition) is 7. The van der Waals surface area contributed by atoms with Gasteiger partial charge in [-0.05, 0) is 57.8 Å². The number of carbonyl (C=O) groups is 4. The highest BCUT2D eigenvalue weighted by Crippen LogP contribution is 2.31. The predicted octanol–water partition coefficient (Wildman–Crippen LogP) is 4.30. The second-order valence-electron chi connectivity index (χ2n) is 8.21. The summed E-state index contributed by atoms with van der Waals surface area (Å²) in [4.78, 5) is 50.6. The lowest BCUT2D eigenvalue weighted by Gasteiger charge is -2.23. The molecule has 0 saturated heterocycles. The van der Waals surface area contributed by atoms with E-state index in [2.05, 4.69) is 12.0 Å². The van der Waals surface area contributed by atoms with Gasteiger partial charge in [0.2, 0.25) is 0 Å². The number of nitrogens with one attached hydrogen (secondary N) is 1. The number of allylic oxidation sites excluding steroid dienone is 5. The van der Waals surface area contributed by atoms with Crippen LogP contribution in [0.1, 0.15) is 54.4 Å². The molecule has 0 radical (unpaired) electrons. The molecule has 0 aliphatic carbocycles. The first-order chi connectivity index (χ1) is 16.7. The van der Waals surface area contributed by atoms with Crippen molar-refractivity contribution >= 4 is 23.8 Å². The van der Waals surface area contributed by atoms with Crippen molar-refractivity contribution in [3.05, 3.63) is 46.7 Å². The summed E-state index contributed by atoms with van der Waals surface area (Å²) in [6.45, 7) is 12.5. The molecule has 8 nitrogen and oxygen atoms in total. The highest BCUT2D eigenvalue weighted by Gasteiger charge is 2.41. The van der Waals surface area contributed by atoms with E-state index in [-0.39, 0.29) is 41.5 Å². The molecule has 1 rings (SSSR count). The number of nitrogens with zero attached hydrogens (tertiary/aromatic N) is 1. The Balaban J connectivity index is 3.33. The Morgan fingerprint density at radius 2 is 1.58 bits per heavy atom. The van der Waals surface area contributed by atoms with E-state index in [0.29, 0.717) is 11.4 Å². The van der Waals surface area contributed by atoms with Gasteiger partial charge >= 0.3 is 18.1 Å². The molecule has 1 heterocycles. The Bertz CT molecular complexity index is 976. The molecular weight excluding hydrogens is 481 g/mol. The fourth-order valence-electron chi connectivity index (χ4n) is 3.29. The van der Waals surface area contributed by atoms with Gasteiger partial charge in [0.1, 0.15) is 0 Å². The lowest BCUT2D eigenvalue weighted by molar-refractivity contribution is -0.161. The number of carbonyl (C=O) groups excluding carboxylic acids is 4. The summed E-state index contributed by atoms with van der Waals surface area (Å²) in [5.41, 5.74) is 1.56. The molecule has 200 valence electrons. The first kappa shape index (κ1) is 30.7. The van der Waals surface area contributed by atoms with E-state index in [1.807, 2.05) is 0 Å². The van der Waals surface area contributed by atoms with Crippen molar-refractivity contribution in [2.24, 2.45) is 11.8 Å². The number of ether oxygens (including phenoxy) is 2. The maximum atomic E-state index is 13.3. The van der Waals surface area contributed by atoms with E-state index in [9.17, 15) is 32.3 Å². The molecule has 0 aromatic carbocycles. The molecule has 11 heteroatoms. The van der Waals surface area contributed by atoms with Gasteiger partial charge in [-0.1, -0.05) is 20.4 Å². The third-order valence-corrected chi connectivity index (χ3v) is 5.57. The zero-order chi connectivity index (χ0) is 27.8. The average molecular weight is 515 g/mol. The van der Waals surface area contributed by atoms with Gasteiger partial charge in [0.15, 0.2) is 5.92 Å². The number of hydrazine groups is 1. The molecule has 1 N–H and O–H groups in total. The number of esters is 2. The predicted molar refractivity (Wildman–Crippen MR) is 126 cm³/mol. The summed E-state index contributed by atoms with van der Waals surface area (Å²) in [5, 5.41) is 0.665. The van der Waals surface area contributed by atoms with Gasteiger partial charge in [0.05, 0.1) is 18.8 Å². The van der Waals surface area contributed by atoms with E-state index >= 15 is 0 Å². The van der Waals surface area contributed by atoms with Crippen molar-refractivity contribution in [1.82, 2.24) is 10.4 Å². The van der Waals surface area contributed by atoms with Crippen LogP contribution in [0.15, 0.2) is 46.7 Å². The molecule has 1 aliphatic rings. The maximum absolute atomic E-state index is 13.3. The second kappa shape index (κ2) is 13.1. The smallest absolute Gasteiger partial charge is 0.416 e. The van der Waals surface area contributed by atoms with Crippen LogP contribution in [0, 0.1) is 11.8 Å². The maximum Gasteiger partial charge on any atom is 0.416 e. The molecule has 0 bridgehead atoms. The molecule has 0 aromatic rings. The van der Waals surface area contributed by atoms with E-state index < -0.39 is 47.8 Å². The van der Waals surface area contributed by atoms with E-state index in [4.69, 9.17) is 9.47 Å². The minimum atomic E-state index is -4.64. The topological polar surface area (TPSA) is 102 Å². The number of halogens is 3. The Kier molecular flexibility index (Phi) is 11.1. The summed E-state index contributed by atoms with van der Waals surface area (Å²) in [6.07, 6.45) is -2.59. The van der Waals surface area contributed by atoms with Gasteiger partial charge in [-0.15, -0.1) is 0 Å². The van der Waals surface area contributed by atoms with Crippen molar-refractivity contribution < 1.29 is 41.8 Å². The van der Waals surface area contributed by atoms with E-state index in [1.54, 1.807) is 27.7 Å². The normalized spacial score (nSPS) is 16.0. The van der Waals surface area contributed by atoms with Gasteiger partial charge < -0.3 is 9.47 Å². The van der Waals surface area contributed by atoms with Crippen LogP contribution in [0.4, 0.5) is 13.2 Å². The summed E-state index contributed by atoms with van der Waals surface area (Å²) in [6, 6.07) is 0. The Morgan fingerprint density at radius 1 is 1.06 bits per heavy atom. The SMILES string of the molecule is C=C(C)/C(=C\C=C(\NN1C(=O)C(C)=C(CC(C(=O)OCC)C(=O)OCC)C1=O)C(C)CC)C(F)(F)F. The van der Waals surface area contributed by atoms with Crippen molar-refractivity contribution in [2.45, 2.75) is 60.6 Å². The Labute approximate surface area is 208 Å². The van der Waals surface area contributed by atoms with Gasteiger partial charge in [0.25, 0.3) is 11.8 Å². The van der Waals surface area contributed by atoms with Crippen LogP contribution in [0.2, 0.25) is 0 Å². The van der Waals surface area contributed by atoms with Crippen LogP contribution in [0.3, 0.4) is 0 Å². The van der Waals surface area contributed by atoms with Gasteiger partial charge in [-0.25, -0.2) is 0 Å². The fraction of sp³-hybridized carbons (Fsp3) is 0.520. The lowest BCUT2D eigenvalue weighted by atomic mass is 9.97. The molecule has 1 atom stereocenters. The van der Waals surface area contributed by atoms with E-state index in [1.165, 1.54) is 13.8 Å². The van der Waals surface area contributed by atoms with Crippen LogP contribution in [0.25, 0.3) is 0 Å². The lowest BCUT2D eigenvalue weighted by Crippen LogP contribution is -2.44. The second-order valence-corrected chi connectivity index (χ2v) is 8.21.